The highest BCUT2D eigenvalue weighted by Gasteiger charge is 2.06. The van der Waals surface area contributed by atoms with Crippen LogP contribution in [0, 0.1) is 0 Å². The van der Waals surface area contributed by atoms with Crippen molar-refractivity contribution in [2.75, 3.05) is 5.32 Å². The molecule has 1 N–H and O–H groups in total. The molecule has 4 aromatic rings. The Kier molecular flexibility index (Phi) is 5.55. The smallest absolute Gasteiger partial charge is 0.224 e. The van der Waals surface area contributed by atoms with Crippen LogP contribution in [0.5, 0.6) is 0 Å². The van der Waals surface area contributed by atoms with Gasteiger partial charge in [-0.1, -0.05) is 12.1 Å². The minimum absolute atomic E-state index is 0.0568. The number of nitrogens with zero attached hydrogens (tertiary/aromatic N) is 2. The Hall–Kier alpha value is -2.57. The van der Waals surface area contributed by atoms with Gasteiger partial charge >= 0.3 is 0 Å². The van der Waals surface area contributed by atoms with Gasteiger partial charge in [-0.2, -0.15) is 0 Å². The Balaban J connectivity index is 1.22. The third-order valence-electron chi connectivity index (χ3n) is 4.23. The minimum atomic E-state index is 0.0568. The molecule has 4 rings (SSSR count). The highest BCUT2D eigenvalue weighted by molar-refractivity contribution is 7.18. The second-order valence-corrected chi connectivity index (χ2v) is 8.25. The zero-order valence-corrected chi connectivity index (χ0v) is 16.4. The summed E-state index contributed by atoms with van der Waals surface area (Å²) in [5.41, 5.74) is 2.96. The van der Waals surface area contributed by atoms with Crippen molar-refractivity contribution in [3.63, 3.8) is 0 Å². The Bertz CT molecular complexity index is 990. The maximum absolute atomic E-state index is 12.1. The van der Waals surface area contributed by atoms with Gasteiger partial charge in [0.25, 0.3) is 0 Å². The topological polar surface area (TPSA) is 54.9 Å². The number of carbonyl (C=O) groups is 1. The van der Waals surface area contributed by atoms with Gasteiger partial charge < -0.3 is 5.32 Å². The van der Waals surface area contributed by atoms with Gasteiger partial charge in [0.05, 0.1) is 15.2 Å². The van der Waals surface area contributed by atoms with Gasteiger partial charge in [0.2, 0.25) is 5.91 Å². The SMILES string of the molecule is O=C(CCCCc1nc2ccccc2s1)Nc1ccc(-c2nccs2)cc1. The molecule has 0 atom stereocenters. The van der Waals surface area contributed by atoms with E-state index in [2.05, 4.69) is 21.4 Å². The van der Waals surface area contributed by atoms with Gasteiger partial charge in [-0.25, -0.2) is 9.97 Å². The fourth-order valence-corrected chi connectivity index (χ4v) is 4.53. The van der Waals surface area contributed by atoms with E-state index >= 15 is 0 Å². The van der Waals surface area contributed by atoms with Crippen molar-refractivity contribution in [2.24, 2.45) is 0 Å². The highest BCUT2D eigenvalue weighted by atomic mass is 32.1. The molecule has 0 aliphatic heterocycles. The number of benzene rings is 2. The summed E-state index contributed by atoms with van der Waals surface area (Å²) in [7, 11) is 0. The molecule has 2 aromatic carbocycles. The quantitative estimate of drug-likeness (QED) is 0.405. The summed E-state index contributed by atoms with van der Waals surface area (Å²) in [6.07, 6.45) is 5.08. The molecule has 0 radical (unpaired) electrons. The summed E-state index contributed by atoms with van der Waals surface area (Å²) in [5, 5.41) is 7.06. The molecule has 0 fully saturated rings. The lowest BCUT2D eigenvalue weighted by atomic mass is 10.2. The predicted octanol–water partition coefficient (Wildman–Crippen LogP) is 5.77. The summed E-state index contributed by atoms with van der Waals surface area (Å²) < 4.78 is 1.23. The number of rotatable bonds is 7. The molecule has 0 saturated carbocycles. The second-order valence-electron chi connectivity index (χ2n) is 6.25. The number of aryl methyl sites for hydroxylation is 1. The van der Waals surface area contributed by atoms with Crippen molar-refractivity contribution >= 4 is 44.5 Å². The molecule has 6 heteroatoms. The predicted molar refractivity (Wildman–Crippen MR) is 113 cm³/mol. The van der Waals surface area contributed by atoms with E-state index in [1.807, 2.05) is 47.8 Å². The van der Waals surface area contributed by atoms with Crippen molar-refractivity contribution < 1.29 is 4.79 Å². The fourth-order valence-electron chi connectivity index (χ4n) is 2.87. The van der Waals surface area contributed by atoms with E-state index in [0.717, 1.165) is 46.0 Å². The van der Waals surface area contributed by atoms with Gasteiger partial charge in [-0.05, 0) is 55.7 Å². The number of nitrogens with one attached hydrogen (secondary N) is 1. The second kappa shape index (κ2) is 8.41. The monoisotopic (exact) mass is 393 g/mol. The third kappa shape index (κ3) is 4.59. The van der Waals surface area contributed by atoms with Gasteiger partial charge in [0.15, 0.2) is 0 Å². The first kappa shape index (κ1) is 17.8. The lowest BCUT2D eigenvalue weighted by molar-refractivity contribution is -0.116. The van der Waals surface area contributed by atoms with Gasteiger partial charge in [0.1, 0.15) is 5.01 Å². The number of amides is 1. The lowest BCUT2D eigenvalue weighted by Crippen LogP contribution is -2.11. The molecular weight excluding hydrogens is 374 g/mol. The molecule has 0 bridgehead atoms. The first-order valence-corrected chi connectivity index (χ1v) is 10.6. The minimum Gasteiger partial charge on any atom is -0.326 e. The first-order chi connectivity index (χ1) is 13.3. The molecule has 0 spiro atoms. The van der Waals surface area contributed by atoms with Crippen LogP contribution in [0.3, 0.4) is 0 Å². The largest absolute Gasteiger partial charge is 0.326 e. The number of anilines is 1. The number of unbranched alkanes of at least 4 members (excludes halogenated alkanes) is 1. The Morgan fingerprint density at radius 1 is 1.04 bits per heavy atom. The van der Waals surface area contributed by atoms with Crippen molar-refractivity contribution in [1.82, 2.24) is 9.97 Å². The van der Waals surface area contributed by atoms with Gasteiger partial charge in [-0.15, -0.1) is 22.7 Å². The van der Waals surface area contributed by atoms with Crippen molar-refractivity contribution in [3.05, 3.63) is 65.1 Å². The molecule has 0 unspecified atom stereocenters. The molecule has 0 aliphatic rings. The molecule has 2 aromatic heterocycles. The van der Waals surface area contributed by atoms with Crippen LogP contribution in [-0.2, 0) is 11.2 Å². The number of aromatic nitrogens is 2. The summed E-state index contributed by atoms with van der Waals surface area (Å²) in [4.78, 5) is 21.1. The summed E-state index contributed by atoms with van der Waals surface area (Å²) in [6.45, 7) is 0. The standard InChI is InChI=1S/C21H19N3OS2/c25-19(23-16-11-9-15(10-12-16)21-22-13-14-26-21)7-3-4-8-20-24-17-5-1-2-6-18(17)27-20/h1-2,5-6,9-14H,3-4,7-8H2,(H,23,25). The number of para-hydroxylation sites is 1. The molecule has 2 heterocycles. The van der Waals surface area contributed by atoms with Crippen molar-refractivity contribution in [1.29, 1.82) is 0 Å². The summed E-state index contributed by atoms with van der Waals surface area (Å²) in [6, 6.07) is 16.0. The molecule has 4 nitrogen and oxygen atoms in total. The van der Waals surface area contributed by atoms with Gasteiger partial charge in [-0.3, -0.25) is 4.79 Å². The zero-order chi connectivity index (χ0) is 18.5. The molecule has 27 heavy (non-hydrogen) atoms. The lowest BCUT2D eigenvalue weighted by Gasteiger charge is -2.05. The van der Waals surface area contributed by atoms with E-state index < -0.39 is 0 Å². The number of thiazole rings is 2. The summed E-state index contributed by atoms with van der Waals surface area (Å²) in [5.74, 6) is 0.0568. The van der Waals surface area contributed by atoms with E-state index in [9.17, 15) is 4.79 Å². The molecule has 136 valence electrons. The number of hydrogen-bond donors (Lipinski definition) is 1. The first-order valence-electron chi connectivity index (χ1n) is 8.92. The number of hydrogen-bond acceptors (Lipinski definition) is 5. The van der Waals surface area contributed by atoms with Gasteiger partial charge in [0, 0.05) is 29.2 Å². The average Bonchev–Trinajstić information content (AvgIpc) is 3.35. The number of fused-ring (bicyclic) bond motifs is 1. The van der Waals surface area contributed by atoms with E-state index in [4.69, 9.17) is 0 Å². The van der Waals surface area contributed by atoms with Crippen LogP contribution in [0.4, 0.5) is 5.69 Å². The van der Waals surface area contributed by atoms with Crippen LogP contribution in [0.15, 0.2) is 60.1 Å². The highest BCUT2D eigenvalue weighted by Crippen LogP contribution is 2.24. The maximum atomic E-state index is 12.1. The maximum Gasteiger partial charge on any atom is 0.224 e. The van der Waals surface area contributed by atoms with Crippen LogP contribution in [0.2, 0.25) is 0 Å². The fraction of sp³-hybridized carbons (Fsp3) is 0.190. The van der Waals surface area contributed by atoms with Crippen LogP contribution >= 0.6 is 22.7 Å². The number of carbonyl (C=O) groups excluding carboxylic acids is 1. The normalized spacial score (nSPS) is 11.0. The third-order valence-corrected chi connectivity index (χ3v) is 6.15. The Morgan fingerprint density at radius 2 is 1.89 bits per heavy atom. The van der Waals surface area contributed by atoms with E-state index in [0.29, 0.717) is 6.42 Å². The Morgan fingerprint density at radius 3 is 2.67 bits per heavy atom. The Labute approximate surface area is 165 Å². The molecule has 1 amide bonds. The van der Waals surface area contributed by atoms with E-state index in [1.165, 1.54) is 4.70 Å². The average molecular weight is 394 g/mol. The van der Waals surface area contributed by atoms with Crippen molar-refractivity contribution in [3.8, 4) is 10.6 Å². The molecule has 0 aliphatic carbocycles. The van der Waals surface area contributed by atoms with Crippen LogP contribution in [0.1, 0.15) is 24.3 Å². The van der Waals surface area contributed by atoms with Crippen molar-refractivity contribution in [2.45, 2.75) is 25.7 Å². The van der Waals surface area contributed by atoms with E-state index in [1.54, 1.807) is 28.9 Å². The van der Waals surface area contributed by atoms with E-state index in [-0.39, 0.29) is 5.91 Å². The van der Waals surface area contributed by atoms with Crippen LogP contribution < -0.4 is 5.32 Å². The van der Waals surface area contributed by atoms with Crippen LogP contribution in [0.25, 0.3) is 20.8 Å². The zero-order valence-electron chi connectivity index (χ0n) is 14.7. The molecular formula is C21H19N3OS2. The molecule has 0 saturated heterocycles. The summed E-state index contributed by atoms with van der Waals surface area (Å²) >= 11 is 3.35. The van der Waals surface area contributed by atoms with Crippen LogP contribution in [-0.4, -0.2) is 15.9 Å².